The van der Waals surface area contributed by atoms with E-state index < -0.39 is 0 Å². The van der Waals surface area contributed by atoms with E-state index in [-0.39, 0.29) is 11.6 Å². The summed E-state index contributed by atoms with van der Waals surface area (Å²) in [7, 11) is 0. The van der Waals surface area contributed by atoms with Crippen molar-refractivity contribution in [3.8, 4) is 5.69 Å². The van der Waals surface area contributed by atoms with Gasteiger partial charge in [-0.05, 0) is 25.0 Å². The minimum Gasteiger partial charge on any atom is -0.384 e. The number of H-pyrrole nitrogens is 1. The van der Waals surface area contributed by atoms with Crippen LogP contribution in [0.15, 0.2) is 47.5 Å². The number of rotatable bonds is 3. The summed E-state index contributed by atoms with van der Waals surface area (Å²) in [6, 6.07) is 11.3. The van der Waals surface area contributed by atoms with Crippen molar-refractivity contribution in [2.75, 3.05) is 23.7 Å². The van der Waals surface area contributed by atoms with E-state index in [1.54, 1.807) is 10.6 Å². The first-order valence-electron chi connectivity index (χ1n) is 8.27. The molecule has 3 aromatic rings. The number of para-hydroxylation sites is 1. The van der Waals surface area contributed by atoms with E-state index in [1.165, 1.54) is 6.33 Å². The van der Waals surface area contributed by atoms with Gasteiger partial charge in [0.1, 0.15) is 23.8 Å². The summed E-state index contributed by atoms with van der Waals surface area (Å²) in [4.78, 5) is 22.7. The number of hydrogen-bond acceptors (Lipinski definition) is 6. The van der Waals surface area contributed by atoms with E-state index in [4.69, 9.17) is 5.73 Å². The van der Waals surface area contributed by atoms with Gasteiger partial charge in [0.25, 0.3) is 0 Å². The highest BCUT2D eigenvalue weighted by Gasteiger charge is 2.27. The summed E-state index contributed by atoms with van der Waals surface area (Å²) in [5, 5.41) is 6.89. The summed E-state index contributed by atoms with van der Waals surface area (Å²) in [5.41, 5.74) is 6.38. The fourth-order valence-corrected chi connectivity index (χ4v) is 3.34. The molecular formula is C17H19N7O. The van der Waals surface area contributed by atoms with Crippen LogP contribution in [0.2, 0.25) is 0 Å². The van der Waals surface area contributed by atoms with Gasteiger partial charge >= 0.3 is 5.69 Å². The van der Waals surface area contributed by atoms with Crippen molar-refractivity contribution in [3.05, 3.63) is 59.0 Å². The Bertz CT molecular complexity index is 918. The summed E-state index contributed by atoms with van der Waals surface area (Å²) >= 11 is 0. The van der Waals surface area contributed by atoms with Crippen LogP contribution in [0.1, 0.15) is 24.6 Å². The van der Waals surface area contributed by atoms with E-state index in [9.17, 15) is 4.79 Å². The summed E-state index contributed by atoms with van der Waals surface area (Å²) < 4.78 is 1.66. The molecule has 1 aliphatic heterocycles. The molecule has 3 N–H and O–H groups in total. The number of nitrogens with two attached hydrogens (primary N) is 1. The summed E-state index contributed by atoms with van der Waals surface area (Å²) in [6.07, 6.45) is 3.43. The molecule has 4 rings (SSSR count). The number of aromatic amines is 1. The van der Waals surface area contributed by atoms with Crippen molar-refractivity contribution >= 4 is 11.6 Å². The first-order chi connectivity index (χ1) is 12.2. The van der Waals surface area contributed by atoms with Crippen molar-refractivity contribution in [1.29, 1.82) is 0 Å². The molecule has 1 saturated heterocycles. The van der Waals surface area contributed by atoms with Crippen molar-refractivity contribution in [2.24, 2.45) is 0 Å². The Kier molecular flexibility index (Phi) is 3.93. The Balaban J connectivity index is 1.66. The van der Waals surface area contributed by atoms with E-state index in [0.717, 1.165) is 43.3 Å². The number of piperidine rings is 1. The maximum atomic E-state index is 12.3. The molecule has 8 nitrogen and oxygen atoms in total. The number of anilines is 2. The van der Waals surface area contributed by atoms with Gasteiger partial charge in [-0.25, -0.2) is 24.4 Å². The largest absolute Gasteiger partial charge is 0.384 e. The first kappa shape index (κ1) is 15.4. The lowest BCUT2D eigenvalue weighted by atomic mass is 9.97. The zero-order valence-corrected chi connectivity index (χ0v) is 13.7. The molecule has 0 amide bonds. The van der Waals surface area contributed by atoms with E-state index in [1.807, 2.05) is 30.3 Å². The van der Waals surface area contributed by atoms with Gasteiger partial charge in [0.2, 0.25) is 0 Å². The molecule has 2 aromatic heterocycles. The zero-order valence-electron chi connectivity index (χ0n) is 13.7. The third-order valence-corrected chi connectivity index (χ3v) is 4.50. The van der Waals surface area contributed by atoms with Crippen LogP contribution >= 0.6 is 0 Å². The minimum absolute atomic E-state index is 0.129. The number of benzene rings is 1. The van der Waals surface area contributed by atoms with Gasteiger partial charge in [-0.1, -0.05) is 18.2 Å². The smallest absolute Gasteiger partial charge is 0.347 e. The van der Waals surface area contributed by atoms with E-state index in [0.29, 0.717) is 5.82 Å². The quantitative estimate of drug-likeness (QED) is 0.746. The lowest BCUT2D eigenvalue weighted by molar-refractivity contribution is 0.482. The number of nitrogens with one attached hydrogen (secondary N) is 1. The molecule has 128 valence electrons. The second-order valence-electron chi connectivity index (χ2n) is 6.14. The van der Waals surface area contributed by atoms with Gasteiger partial charge in [0, 0.05) is 25.1 Å². The number of nitrogens with zero attached hydrogens (tertiary/aromatic N) is 5. The SMILES string of the molecule is Nc1cc(N2CCCC(c3n[nH]c(=O)n3-c3ccccc3)C2)ncn1. The molecule has 0 aliphatic carbocycles. The van der Waals surface area contributed by atoms with Crippen LogP contribution in [-0.4, -0.2) is 37.8 Å². The van der Waals surface area contributed by atoms with Crippen LogP contribution in [0, 0.1) is 0 Å². The maximum Gasteiger partial charge on any atom is 0.347 e. The standard InChI is InChI=1S/C17H19N7O/c18-14-9-15(20-11-19-14)23-8-4-5-12(10-23)16-21-22-17(25)24(16)13-6-2-1-3-7-13/h1-3,6-7,9,11-12H,4-5,8,10H2,(H,22,25)(H2,18,19,20). The van der Waals surface area contributed by atoms with Crippen LogP contribution < -0.4 is 16.3 Å². The predicted molar refractivity (Wildman–Crippen MR) is 94.8 cm³/mol. The number of aromatic nitrogens is 5. The Morgan fingerprint density at radius 1 is 1.20 bits per heavy atom. The van der Waals surface area contributed by atoms with Crippen LogP contribution in [0.3, 0.4) is 0 Å². The van der Waals surface area contributed by atoms with Gasteiger partial charge in [-0.15, -0.1) is 0 Å². The van der Waals surface area contributed by atoms with E-state index >= 15 is 0 Å². The van der Waals surface area contributed by atoms with Gasteiger partial charge in [-0.3, -0.25) is 0 Å². The normalized spacial score (nSPS) is 17.6. The van der Waals surface area contributed by atoms with Crippen LogP contribution in [0.5, 0.6) is 0 Å². The highest BCUT2D eigenvalue weighted by atomic mass is 16.1. The van der Waals surface area contributed by atoms with Crippen LogP contribution in [0.4, 0.5) is 11.6 Å². The third-order valence-electron chi connectivity index (χ3n) is 4.50. The topological polar surface area (TPSA) is 106 Å². The molecular weight excluding hydrogens is 318 g/mol. The highest BCUT2D eigenvalue weighted by Crippen LogP contribution is 2.28. The fourth-order valence-electron chi connectivity index (χ4n) is 3.34. The molecule has 3 heterocycles. The van der Waals surface area contributed by atoms with Crippen molar-refractivity contribution < 1.29 is 0 Å². The van der Waals surface area contributed by atoms with Gasteiger partial charge in [0.05, 0.1) is 5.69 Å². The Hall–Kier alpha value is -3.16. The number of hydrogen-bond donors (Lipinski definition) is 2. The lowest BCUT2D eigenvalue weighted by Crippen LogP contribution is -2.36. The Labute approximate surface area is 144 Å². The molecule has 1 aromatic carbocycles. The molecule has 8 heteroatoms. The van der Waals surface area contributed by atoms with Crippen LogP contribution in [0.25, 0.3) is 5.69 Å². The van der Waals surface area contributed by atoms with Crippen molar-refractivity contribution in [3.63, 3.8) is 0 Å². The van der Waals surface area contributed by atoms with Gasteiger partial charge in [0.15, 0.2) is 0 Å². The second-order valence-corrected chi connectivity index (χ2v) is 6.14. The Morgan fingerprint density at radius 3 is 2.84 bits per heavy atom. The average molecular weight is 337 g/mol. The molecule has 1 atom stereocenters. The zero-order chi connectivity index (χ0) is 17.2. The molecule has 1 fully saturated rings. The molecule has 0 bridgehead atoms. The summed E-state index contributed by atoms with van der Waals surface area (Å²) in [6.45, 7) is 1.63. The van der Waals surface area contributed by atoms with Crippen molar-refractivity contribution in [2.45, 2.75) is 18.8 Å². The lowest BCUT2D eigenvalue weighted by Gasteiger charge is -2.33. The van der Waals surface area contributed by atoms with Gasteiger partial charge < -0.3 is 10.6 Å². The maximum absolute atomic E-state index is 12.3. The predicted octanol–water partition coefficient (Wildman–Crippen LogP) is 1.32. The highest BCUT2D eigenvalue weighted by molar-refractivity contribution is 5.46. The minimum atomic E-state index is -0.218. The molecule has 0 spiro atoms. The first-order valence-corrected chi connectivity index (χ1v) is 8.27. The molecule has 1 aliphatic rings. The molecule has 0 radical (unpaired) electrons. The van der Waals surface area contributed by atoms with Crippen LogP contribution in [-0.2, 0) is 0 Å². The monoisotopic (exact) mass is 337 g/mol. The third kappa shape index (κ3) is 2.98. The second kappa shape index (κ2) is 6.39. The molecule has 25 heavy (non-hydrogen) atoms. The molecule has 1 unspecified atom stereocenters. The Morgan fingerprint density at radius 2 is 2.04 bits per heavy atom. The molecule has 0 saturated carbocycles. The van der Waals surface area contributed by atoms with E-state index in [2.05, 4.69) is 25.1 Å². The fraction of sp³-hybridized carbons (Fsp3) is 0.294. The average Bonchev–Trinajstić information content (AvgIpc) is 3.04. The summed E-state index contributed by atoms with van der Waals surface area (Å²) in [5.74, 6) is 2.14. The van der Waals surface area contributed by atoms with Gasteiger partial charge in [-0.2, -0.15) is 5.10 Å². The number of nitrogen functional groups attached to an aromatic ring is 1. The van der Waals surface area contributed by atoms with Crippen molar-refractivity contribution in [1.82, 2.24) is 24.7 Å².